The van der Waals surface area contributed by atoms with Crippen LogP contribution in [-0.2, 0) is 9.59 Å². The van der Waals surface area contributed by atoms with E-state index in [1.165, 1.54) is 0 Å². The van der Waals surface area contributed by atoms with E-state index in [2.05, 4.69) is 16.9 Å². The Labute approximate surface area is 136 Å². The SMILES string of the molecule is CC1CCCN(C(=O)C(=O)N2CCN(c3ncccn3)CC2)C1. The molecule has 7 heteroatoms. The first kappa shape index (κ1) is 15.7. The van der Waals surface area contributed by atoms with Gasteiger partial charge < -0.3 is 14.7 Å². The van der Waals surface area contributed by atoms with E-state index in [1.807, 2.05) is 4.90 Å². The number of carbonyl (C=O) groups is 2. The van der Waals surface area contributed by atoms with Gasteiger partial charge in [0, 0.05) is 51.7 Å². The quantitative estimate of drug-likeness (QED) is 0.701. The van der Waals surface area contributed by atoms with Crippen LogP contribution in [0, 0.1) is 5.92 Å². The highest BCUT2D eigenvalue weighted by molar-refractivity contribution is 6.34. The van der Waals surface area contributed by atoms with E-state index in [4.69, 9.17) is 0 Å². The van der Waals surface area contributed by atoms with Crippen molar-refractivity contribution in [1.82, 2.24) is 19.8 Å². The lowest BCUT2D eigenvalue weighted by Crippen LogP contribution is -2.54. The monoisotopic (exact) mass is 317 g/mol. The van der Waals surface area contributed by atoms with Gasteiger partial charge in [-0.15, -0.1) is 0 Å². The molecule has 7 nitrogen and oxygen atoms in total. The number of hydrogen-bond donors (Lipinski definition) is 0. The Bertz CT molecular complexity index is 557. The second kappa shape index (κ2) is 6.93. The third-order valence-electron chi connectivity index (χ3n) is 4.53. The number of anilines is 1. The van der Waals surface area contributed by atoms with Gasteiger partial charge >= 0.3 is 11.8 Å². The van der Waals surface area contributed by atoms with Crippen LogP contribution in [0.1, 0.15) is 19.8 Å². The van der Waals surface area contributed by atoms with Gasteiger partial charge in [0.25, 0.3) is 0 Å². The van der Waals surface area contributed by atoms with E-state index in [0.717, 1.165) is 12.8 Å². The molecule has 0 aromatic carbocycles. The zero-order valence-corrected chi connectivity index (χ0v) is 13.5. The first-order valence-corrected chi connectivity index (χ1v) is 8.25. The Hall–Kier alpha value is -2.18. The van der Waals surface area contributed by atoms with Crippen LogP contribution in [0.2, 0.25) is 0 Å². The molecule has 0 spiro atoms. The molecule has 124 valence electrons. The van der Waals surface area contributed by atoms with Crippen LogP contribution in [-0.4, -0.2) is 70.9 Å². The number of hydrogen-bond acceptors (Lipinski definition) is 5. The maximum absolute atomic E-state index is 12.4. The molecule has 0 saturated carbocycles. The summed E-state index contributed by atoms with van der Waals surface area (Å²) in [7, 11) is 0. The van der Waals surface area contributed by atoms with E-state index in [1.54, 1.807) is 28.3 Å². The molecular formula is C16H23N5O2. The number of rotatable bonds is 1. The van der Waals surface area contributed by atoms with Crippen LogP contribution in [0.15, 0.2) is 18.5 Å². The summed E-state index contributed by atoms with van der Waals surface area (Å²) < 4.78 is 0. The number of nitrogens with zero attached hydrogens (tertiary/aromatic N) is 5. The highest BCUT2D eigenvalue weighted by Crippen LogP contribution is 2.16. The molecule has 2 saturated heterocycles. The van der Waals surface area contributed by atoms with Crippen LogP contribution in [0.3, 0.4) is 0 Å². The van der Waals surface area contributed by atoms with E-state index in [9.17, 15) is 9.59 Å². The van der Waals surface area contributed by atoms with E-state index in [-0.39, 0.29) is 11.8 Å². The summed E-state index contributed by atoms with van der Waals surface area (Å²) in [4.78, 5) is 38.7. The van der Waals surface area contributed by atoms with Gasteiger partial charge in [0.2, 0.25) is 5.95 Å². The van der Waals surface area contributed by atoms with Gasteiger partial charge in [0.15, 0.2) is 0 Å². The van der Waals surface area contributed by atoms with Crippen LogP contribution in [0.25, 0.3) is 0 Å². The summed E-state index contributed by atoms with van der Waals surface area (Å²) in [6.45, 7) is 5.90. The average Bonchev–Trinajstić information content (AvgIpc) is 2.61. The minimum Gasteiger partial charge on any atom is -0.337 e. The van der Waals surface area contributed by atoms with Crippen LogP contribution in [0.4, 0.5) is 5.95 Å². The highest BCUT2D eigenvalue weighted by atomic mass is 16.2. The average molecular weight is 317 g/mol. The number of carbonyl (C=O) groups excluding carboxylic acids is 2. The van der Waals surface area contributed by atoms with Crippen LogP contribution < -0.4 is 4.90 Å². The molecule has 3 rings (SSSR count). The fraction of sp³-hybridized carbons (Fsp3) is 0.625. The zero-order chi connectivity index (χ0) is 16.2. The van der Waals surface area contributed by atoms with Gasteiger partial charge in [-0.2, -0.15) is 0 Å². The highest BCUT2D eigenvalue weighted by Gasteiger charge is 2.31. The van der Waals surface area contributed by atoms with Gasteiger partial charge in [0.1, 0.15) is 0 Å². The Balaban J connectivity index is 1.54. The lowest BCUT2D eigenvalue weighted by atomic mass is 10.0. The minimum atomic E-state index is -0.368. The molecule has 2 aliphatic heterocycles. The van der Waals surface area contributed by atoms with Crippen molar-refractivity contribution >= 4 is 17.8 Å². The van der Waals surface area contributed by atoms with Crippen LogP contribution in [0.5, 0.6) is 0 Å². The molecule has 0 aliphatic carbocycles. The first-order valence-electron chi connectivity index (χ1n) is 8.25. The van der Waals surface area contributed by atoms with Crippen molar-refractivity contribution in [2.45, 2.75) is 19.8 Å². The number of piperazine rings is 1. The summed E-state index contributed by atoms with van der Waals surface area (Å²) >= 11 is 0. The van der Waals surface area contributed by atoms with Gasteiger partial charge in [-0.25, -0.2) is 9.97 Å². The van der Waals surface area contributed by atoms with Crippen molar-refractivity contribution in [2.75, 3.05) is 44.2 Å². The molecule has 1 aromatic heterocycles. The number of aromatic nitrogens is 2. The van der Waals surface area contributed by atoms with Gasteiger partial charge in [0.05, 0.1) is 0 Å². The third-order valence-corrected chi connectivity index (χ3v) is 4.53. The summed E-state index contributed by atoms with van der Waals surface area (Å²) in [5, 5.41) is 0. The molecular weight excluding hydrogens is 294 g/mol. The lowest BCUT2D eigenvalue weighted by molar-refractivity contribution is -0.153. The zero-order valence-electron chi connectivity index (χ0n) is 13.5. The smallest absolute Gasteiger partial charge is 0.312 e. The molecule has 3 heterocycles. The van der Waals surface area contributed by atoms with Crippen molar-refractivity contribution in [2.24, 2.45) is 5.92 Å². The number of amides is 2. The van der Waals surface area contributed by atoms with Crippen LogP contribution >= 0.6 is 0 Å². The molecule has 0 N–H and O–H groups in total. The normalized spacial score (nSPS) is 22.1. The second-order valence-corrected chi connectivity index (χ2v) is 6.33. The largest absolute Gasteiger partial charge is 0.337 e. The standard InChI is InChI=1S/C16H23N5O2/c1-13-4-2-7-21(12-13)15(23)14(22)19-8-10-20(11-9-19)16-17-5-3-6-18-16/h3,5-6,13H,2,4,7-12H2,1H3. The van der Waals surface area contributed by atoms with Crippen molar-refractivity contribution < 1.29 is 9.59 Å². The predicted octanol–water partition coefficient (Wildman–Crippen LogP) is 0.384. The maximum Gasteiger partial charge on any atom is 0.312 e. The maximum atomic E-state index is 12.4. The fourth-order valence-corrected chi connectivity index (χ4v) is 3.21. The molecule has 1 atom stereocenters. The Kier molecular flexibility index (Phi) is 4.73. The summed E-state index contributed by atoms with van der Waals surface area (Å²) in [5.41, 5.74) is 0. The van der Waals surface area contributed by atoms with Crippen molar-refractivity contribution in [3.8, 4) is 0 Å². The molecule has 2 fully saturated rings. The van der Waals surface area contributed by atoms with Crippen molar-refractivity contribution in [3.05, 3.63) is 18.5 Å². The molecule has 1 aromatic rings. The Morgan fingerprint density at radius 2 is 1.65 bits per heavy atom. The predicted molar refractivity (Wildman–Crippen MR) is 85.8 cm³/mol. The van der Waals surface area contributed by atoms with Gasteiger partial charge in [-0.1, -0.05) is 6.92 Å². The number of piperidine rings is 1. The molecule has 2 amide bonds. The summed E-state index contributed by atoms with van der Waals surface area (Å²) in [5.74, 6) is 0.442. The Morgan fingerprint density at radius 3 is 2.30 bits per heavy atom. The number of likely N-dealkylation sites (tertiary alicyclic amines) is 1. The molecule has 0 bridgehead atoms. The first-order chi connectivity index (χ1) is 11.1. The van der Waals surface area contributed by atoms with Gasteiger partial charge in [-0.05, 0) is 24.8 Å². The minimum absolute atomic E-state index is 0.346. The van der Waals surface area contributed by atoms with Crippen molar-refractivity contribution in [1.29, 1.82) is 0 Å². The van der Waals surface area contributed by atoms with E-state index < -0.39 is 0 Å². The molecule has 1 unspecified atom stereocenters. The molecule has 2 aliphatic rings. The summed E-state index contributed by atoms with van der Waals surface area (Å²) in [6, 6.07) is 1.78. The van der Waals surface area contributed by atoms with E-state index in [0.29, 0.717) is 51.1 Å². The second-order valence-electron chi connectivity index (χ2n) is 6.33. The molecule has 0 radical (unpaired) electrons. The van der Waals surface area contributed by atoms with Gasteiger partial charge in [-0.3, -0.25) is 9.59 Å². The van der Waals surface area contributed by atoms with Crippen molar-refractivity contribution in [3.63, 3.8) is 0 Å². The topological polar surface area (TPSA) is 69.6 Å². The van der Waals surface area contributed by atoms with E-state index >= 15 is 0 Å². The Morgan fingerprint density at radius 1 is 1.00 bits per heavy atom. The summed E-state index contributed by atoms with van der Waals surface area (Å²) in [6.07, 6.45) is 5.54. The third kappa shape index (κ3) is 3.60. The molecule has 23 heavy (non-hydrogen) atoms. The lowest BCUT2D eigenvalue weighted by Gasteiger charge is -2.36. The fourth-order valence-electron chi connectivity index (χ4n) is 3.21.